The van der Waals surface area contributed by atoms with Gasteiger partial charge in [-0.1, -0.05) is 66.7 Å². The van der Waals surface area contributed by atoms with E-state index in [-0.39, 0.29) is 23.6 Å². The highest BCUT2D eigenvalue weighted by atomic mass is 19.1. The molecule has 1 aromatic heterocycles. The van der Waals surface area contributed by atoms with E-state index >= 15 is 0 Å². The zero-order valence-corrected chi connectivity index (χ0v) is 19.0. The normalized spacial score (nSPS) is 10.9. The number of fused-ring (bicyclic) bond motifs is 1. The first kappa shape index (κ1) is 22.2. The highest BCUT2D eigenvalue weighted by molar-refractivity contribution is 5.92. The lowest BCUT2D eigenvalue weighted by Gasteiger charge is -2.13. The number of aromatic nitrogens is 2. The fourth-order valence-corrected chi connectivity index (χ4v) is 4.12. The quantitative estimate of drug-likeness (QED) is 0.365. The Balaban J connectivity index is 1.38. The molecule has 1 heterocycles. The Morgan fingerprint density at radius 3 is 2.34 bits per heavy atom. The minimum atomic E-state index is -0.582. The van der Waals surface area contributed by atoms with Gasteiger partial charge in [0, 0.05) is 0 Å². The van der Waals surface area contributed by atoms with Crippen LogP contribution in [0.25, 0.3) is 27.7 Å². The number of carbonyl (C=O) groups excluding carboxylic acids is 1. The average Bonchev–Trinajstić information content (AvgIpc) is 2.87. The van der Waals surface area contributed by atoms with Crippen molar-refractivity contribution in [2.75, 3.05) is 5.32 Å². The summed E-state index contributed by atoms with van der Waals surface area (Å²) in [6.07, 6.45) is 0.0925. The van der Waals surface area contributed by atoms with Crippen molar-refractivity contribution in [2.24, 2.45) is 0 Å². The van der Waals surface area contributed by atoms with Crippen molar-refractivity contribution in [3.05, 3.63) is 125 Å². The molecule has 0 aliphatic carbocycles. The van der Waals surface area contributed by atoms with Crippen LogP contribution in [0.4, 0.5) is 10.1 Å². The second-order valence-corrected chi connectivity index (χ2v) is 8.27. The smallest absolute Gasteiger partial charge is 0.265 e. The van der Waals surface area contributed by atoms with Crippen LogP contribution in [0.15, 0.2) is 102 Å². The van der Waals surface area contributed by atoms with Crippen molar-refractivity contribution in [1.29, 1.82) is 0 Å². The third kappa shape index (κ3) is 4.59. The Labute approximate surface area is 201 Å². The summed E-state index contributed by atoms with van der Waals surface area (Å²) in [6, 6.07) is 28.9. The van der Waals surface area contributed by atoms with Gasteiger partial charge in [0.1, 0.15) is 11.6 Å². The number of nitrogens with zero attached hydrogens (tertiary/aromatic N) is 2. The van der Waals surface area contributed by atoms with Gasteiger partial charge < -0.3 is 5.32 Å². The molecule has 0 saturated carbocycles. The monoisotopic (exact) mass is 463 g/mol. The van der Waals surface area contributed by atoms with Crippen molar-refractivity contribution in [3.63, 3.8) is 0 Å². The molecule has 35 heavy (non-hydrogen) atoms. The Bertz CT molecular complexity index is 1590. The number of rotatable bonds is 5. The number of benzene rings is 4. The van der Waals surface area contributed by atoms with E-state index in [1.54, 1.807) is 25.1 Å². The van der Waals surface area contributed by atoms with Crippen LogP contribution in [0, 0.1) is 12.7 Å². The molecular weight excluding hydrogens is 441 g/mol. The van der Waals surface area contributed by atoms with Crippen LogP contribution in [0.5, 0.6) is 0 Å². The number of hydrogen-bond donors (Lipinski definition) is 1. The predicted octanol–water partition coefficient (Wildman–Crippen LogP) is 5.68. The number of halogens is 1. The van der Waals surface area contributed by atoms with Gasteiger partial charge >= 0.3 is 0 Å². The molecule has 0 fully saturated rings. The standard InChI is InChI=1S/C29H22FN3O2/c1-19-31-26-10-6-5-9-24(26)29(35)33(19)23-15-16-25(30)27(18-23)32-28(34)17-20-11-13-22(14-12-20)21-7-3-2-4-8-21/h2-16,18H,17H2,1H3,(H,32,34). The van der Waals surface area contributed by atoms with Crippen LogP contribution < -0.4 is 10.9 Å². The first-order valence-corrected chi connectivity index (χ1v) is 11.2. The Hall–Kier alpha value is -4.58. The van der Waals surface area contributed by atoms with Gasteiger partial charge in [0.15, 0.2) is 0 Å². The maximum atomic E-state index is 14.6. The Morgan fingerprint density at radius 1 is 0.886 bits per heavy atom. The van der Waals surface area contributed by atoms with E-state index in [9.17, 15) is 14.0 Å². The average molecular weight is 464 g/mol. The van der Waals surface area contributed by atoms with E-state index in [1.165, 1.54) is 22.8 Å². The van der Waals surface area contributed by atoms with Crippen LogP contribution in [0.1, 0.15) is 11.4 Å². The van der Waals surface area contributed by atoms with E-state index in [4.69, 9.17) is 0 Å². The summed E-state index contributed by atoms with van der Waals surface area (Å²) in [6.45, 7) is 1.72. The van der Waals surface area contributed by atoms with Gasteiger partial charge in [-0.3, -0.25) is 14.2 Å². The minimum absolute atomic E-state index is 0.00728. The molecule has 5 aromatic rings. The molecule has 0 atom stereocenters. The van der Waals surface area contributed by atoms with Gasteiger partial charge in [0.2, 0.25) is 5.91 Å². The molecule has 0 saturated heterocycles. The van der Waals surface area contributed by atoms with E-state index in [0.29, 0.717) is 22.4 Å². The highest BCUT2D eigenvalue weighted by Crippen LogP contribution is 2.22. The lowest BCUT2D eigenvalue weighted by molar-refractivity contribution is -0.115. The summed E-state index contributed by atoms with van der Waals surface area (Å²) < 4.78 is 16.0. The van der Waals surface area contributed by atoms with Crippen LogP contribution in [-0.4, -0.2) is 15.5 Å². The maximum Gasteiger partial charge on any atom is 0.265 e. The zero-order valence-electron chi connectivity index (χ0n) is 19.0. The molecule has 0 spiro atoms. The van der Waals surface area contributed by atoms with E-state index in [2.05, 4.69) is 10.3 Å². The van der Waals surface area contributed by atoms with Crippen molar-refractivity contribution in [2.45, 2.75) is 13.3 Å². The lowest BCUT2D eigenvalue weighted by Crippen LogP contribution is -2.23. The molecule has 0 aliphatic rings. The molecule has 0 aliphatic heterocycles. The summed E-state index contributed by atoms with van der Waals surface area (Å²) >= 11 is 0. The number of amides is 1. The SMILES string of the molecule is Cc1nc2ccccc2c(=O)n1-c1ccc(F)c(NC(=O)Cc2ccc(-c3ccccc3)cc2)c1. The third-order valence-corrected chi connectivity index (χ3v) is 5.85. The first-order valence-electron chi connectivity index (χ1n) is 11.2. The summed E-state index contributed by atoms with van der Waals surface area (Å²) in [5.41, 5.74) is 3.73. The number of anilines is 1. The Morgan fingerprint density at radius 2 is 1.57 bits per heavy atom. The van der Waals surface area contributed by atoms with Gasteiger partial charge in [-0.2, -0.15) is 0 Å². The largest absolute Gasteiger partial charge is 0.323 e. The molecule has 172 valence electrons. The molecular formula is C29H22FN3O2. The van der Waals surface area contributed by atoms with Gasteiger partial charge in [0.05, 0.1) is 28.7 Å². The van der Waals surface area contributed by atoms with Crippen LogP contribution in [0.2, 0.25) is 0 Å². The second-order valence-electron chi connectivity index (χ2n) is 8.27. The molecule has 1 N–H and O–H groups in total. The van der Waals surface area contributed by atoms with Crippen LogP contribution >= 0.6 is 0 Å². The number of hydrogen-bond acceptors (Lipinski definition) is 3. The molecule has 0 unspecified atom stereocenters. The number of nitrogens with one attached hydrogen (secondary N) is 1. The summed E-state index contributed by atoms with van der Waals surface area (Å²) in [5, 5.41) is 3.11. The molecule has 0 radical (unpaired) electrons. The van der Waals surface area contributed by atoms with Crippen molar-refractivity contribution >= 4 is 22.5 Å². The number of carbonyl (C=O) groups is 1. The van der Waals surface area contributed by atoms with Gasteiger partial charge in [-0.25, -0.2) is 9.37 Å². The Kier molecular flexibility index (Phi) is 5.94. The molecule has 4 aromatic carbocycles. The number of aryl methyl sites for hydroxylation is 1. The van der Waals surface area contributed by atoms with Crippen molar-refractivity contribution < 1.29 is 9.18 Å². The molecule has 0 bridgehead atoms. The third-order valence-electron chi connectivity index (χ3n) is 5.85. The fourth-order valence-electron chi connectivity index (χ4n) is 4.12. The highest BCUT2D eigenvalue weighted by Gasteiger charge is 2.14. The lowest BCUT2D eigenvalue weighted by atomic mass is 10.0. The first-order chi connectivity index (χ1) is 17.0. The number of para-hydroxylation sites is 1. The maximum absolute atomic E-state index is 14.6. The molecule has 6 heteroatoms. The van der Waals surface area contributed by atoms with Crippen molar-refractivity contribution in [1.82, 2.24) is 9.55 Å². The fraction of sp³-hybridized carbons (Fsp3) is 0.0690. The van der Waals surface area contributed by atoms with Gasteiger partial charge in [-0.05, 0) is 53.9 Å². The van der Waals surface area contributed by atoms with Crippen LogP contribution in [-0.2, 0) is 11.2 Å². The summed E-state index contributed by atoms with van der Waals surface area (Å²) in [5.74, 6) is -0.466. The predicted molar refractivity (Wildman–Crippen MR) is 136 cm³/mol. The summed E-state index contributed by atoms with van der Waals surface area (Å²) in [4.78, 5) is 30.3. The van der Waals surface area contributed by atoms with E-state index < -0.39 is 5.82 Å². The second kappa shape index (κ2) is 9.35. The zero-order chi connectivity index (χ0) is 24.4. The van der Waals surface area contributed by atoms with E-state index in [1.807, 2.05) is 60.7 Å². The molecule has 5 rings (SSSR count). The van der Waals surface area contributed by atoms with Crippen molar-refractivity contribution in [3.8, 4) is 16.8 Å². The summed E-state index contributed by atoms with van der Waals surface area (Å²) in [7, 11) is 0. The van der Waals surface area contributed by atoms with Gasteiger partial charge in [-0.15, -0.1) is 0 Å². The molecule has 5 nitrogen and oxygen atoms in total. The van der Waals surface area contributed by atoms with Crippen LogP contribution in [0.3, 0.4) is 0 Å². The molecule has 1 amide bonds. The minimum Gasteiger partial charge on any atom is -0.323 e. The van der Waals surface area contributed by atoms with Gasteiger partial charge in [0.25, 0.3) is 5.56 Å². The topological polar surface area (TPSA) is 64.0 Å². The van der Waals surface area contributed by atoms with E-state index in [0.717, 1.165) is 16.7 Å².